The highest BCUT2D eigenvalue weighted by atomic mass is 16.5. The maximum absolute atomic E-state index is 10.4. The normalized spacial score (nSPS) is 9.94. The van der Waals surface area contributed by atoms with Crippen LogP contribution in [-0.2, 0) is 11.2 Å². The summed E-state index contributed by atoms with van der Waals surface area (Å²) in [5, 5.41) is 0. The van der Waals surface area contributed by atoms with E-state index in [2.05, 4.69) is 0 Å². The second-order valence-corrected chi connectivity index (χ2v) is 3.80. The van der Waals surface area contributed by atoms with Gasteiger partial charge in [0.2, 0.25) is 0 Å². The summed E-state index contributed by atoms with van der Waals surface area (Å²) in [6, 6.07) is 15.9. The number of methoxy groups -OCH3 is 1. The first-order chi connectivity index (χ1) is 8.33. The zero-order valence-corrected chi connectivity index (χ0v) is 9.72. The smallest absolute Gasteiger partial charge is 0.124 e. The largest absolute Gasteiger partial charge is 0.497 e. The van der Waals surface area contributed by atoms with Gasteiger partial charge < -0.3 is 9.53 Å². The summed E-state index contributed by atoms with van der Waals surface area (Å²) < 4.78 is 5.12. The van der Waals surface area contributed by atoms with Gasteiger partial charge in [-0.1, -0.05) is 36.4 Å². The second kappa shape index (κ2) is 5.30. The first-order valence-corrected chi connectivity index (χ1v) is 5.50. The standard InChI is InChI=1S/C15H14O2/c1-17-15-8-6-14(7-9-15)13-4-2-12(3-5-13)10-11-16/h2-9,11H,10H2,1H3. The van der Waals surface area contributed by atoms with E-state index in [1.165, 1.54) is 0 Å². The van der Waals surface area contributed by atoms with Crippen LogP contribution in [0.15, 0.2) is 48.5 Å². The lowest BCUT2D eigenvalue weighted by Crippen LogP contribution is -1.86. The molecular formula is C15H14O2. The Balaban J connectivity index is 2.23. The molecule has 2 rings (SSSR count). The Bertz CT molecular complexity index is 483. The zero-order valence-electron chi connectivity index (χ0n) is 9.72. The van der Waals surface area contributed by atoms with Gasteiger partial charge in [0.05, 0.1) is 7.11 Å². The molecule has 0 aliphatic heterocycles. The number of carbonyl (C=O) groups excluding carboxylic acids is 1. The van der Waals surface area contributed by atoms with Crippen molar-refractivity contribution in [3.05, 3.63) is 54.1 Å². The predicted octanol–water partition coefficient (Wildman–Crippen LogP) is 3.10. The maximum Gasteiger partial charge on any atom is 0.124 e. The van der Waals surface area contributed by atoms with Gasteiger partial charge in [-0.25, -0.2) is 0 Å². The zero-order chi connectivity index (χ0) is 12.1. The van der Waals surface area contributed by atoms with Crippen LogP contribution in [0.1, 0.15) is 5.56 Å². The van der Waals surface area contributed by atoms with Gasteiger partial charge in [-0.3, -0.25) is 0 Å². The van der Waals surface area contributed by atoms with Gasteiger partial charge in [0, 0.05) is 6.42 Å². The monoisotopic (exact) mass is 226 g/mol. The molecule has 0 unspecified atom stereocenters. The van der Waals surface area contributed by atoms with Crippen molar-refractivity contribution in [3.63, 3.8) is 0 Å². The van der Waals surface area contributed by atoms with Crippen LogP contribution in [-0.4, -0.2) is 13.4 Å². The molecule has 2 nitrogen and oxygen atoms in total. The van der Waals surface area contributed by atoms with Crippen LogP contribution in [0.5, 0.6) is 5.75 Å². The number of benzene rings is 2. The number of ether oxygens (including phenoxy) is 1. The fourth-order valence-electron chi connectivity index (χ4n) is 1.71. The molecule has 0 saturated carbocycles. The van der Waals surface area contributed by atoms with Crippen LogP contribution in [0.3, 0.4) is 0 Å². The van der Waals surface area contributed by atoms with E-state index in [4.69, 9.17) is 4.74 Å². The number of aldehydes is 1. The average molecular weight is 226 g/mol. The molecule has 0 N–H and O–H groups in total. The molecule has 2 aromatic rings. The summed E-state index contributed by atoms with van der Waals surface area (Å²) in [5.74, 6) is 0.853. The van der Waals surface area contributed by atoms with Crippen LogP contribution in [0.2, 0.25) is 0 Å². The summed E-state index contributed by atoms with van der Waals surface area (Å²) in [6.07, 6.45) is 1.39. The van der Waals surface area contributed by atoms with Crippen molar-refractivity contribution in [3.8, 4) is 16.9 Å². The first kappa shape index (κ1) is 11.4. The third-order valence-electron chi connectivity index (χ3n) is 2.70. The summed E-state index contributed by atoms with van der Waals surface area (Å²) >= 11 is 0. The molecule has 0 fully saturated rings. The van der Waals surface area contributed by atoms with E-state index >= 15 is 0 Å². The molecule has 86 valence electrons. The summed E-state index contributed by atoms with van der Waals surface area (Å²) in [7, 11) is 1.66. The van der Waals surface area contributed by atoms with E-state index in [0.29, 0.717) is 6.42 Å². The molecule has 0 amide bonds. The fourth-order valence-corrected chi connectivity index (χ4v) is 1.71. The molecule has 0 spiro atoms. The number of hydrogen-bond donors (Lipinski definition) is 0. The van der Waals surface area contributed by atoms with E-state index < -0.39 is 0 Å². The highest BCUT2D eigenvalue weighted by Crippen LogP contribution is 2.22. The van der Waals surface area contributed by atoms with Crippen molar-refractivity contribution in [1.29, 1.82) is 0 Å². The van der Waals surface area contributed by atoms with E-state index in [-0.39, 0.29) is 0 Å². The van der Waals surface area contributed by atoms with Gasteiger partial charge in [-0.15, -0.1) is 0 Å². The lowest BCUT2D eigenvalue weighted by molar-refractivity contribution is -0.107. The molecule has 0 aliphatic rings. The minimum absolute atomic E-state index is 0.475. The van der Waals surface area contributed by atoms with Gasteiger partial charge in [-0.05, 0) is 28.8 Å². The van der Waals surface area contributed by atoms with Crippen molar-refractivity contribution in [1.82, 2.24) is 0 Å². The number of rotatable bonds is 4. The number of carbonyl (C=O) groups is 1. The third kappa shape index (κ3) is 2.72. The molecule has 0 bridgehead atoms. The Morgan fingerprint density at radius 3 is 1.94 bits per heavy atom. The Hall–Kier alpha value is -2.09. The fraction of sp³-hybridized carbons (Fsp3) is 0.133. The predicted molar refractivity (Wildman–Crippen MR) is 68.2 cm³/mol. The Kier molecular flexibility index (Phi) is 3.55. The molecule has 0 aliphatic carbocycles. The van der Waals surface area contributed by atoms with Gasteiger partial charge in [-0.2, -0.15) is 0 Å². The van der Waals surface area contributed by atoms with Crippen molar-refractivity contribution in [2.75, 3.05) is 7.11 Å². The quantitative estimate of drug-likeness (QED) is 0.749. The Morgan fingerprint density at radius 1 is 0.941 bits per heavy atom. The minimum Gasteiger partial charge on any atom is -0.497 e. The molecular weight excluding hydrogens is 212 g/mol. The van der Waals surface area contributed by atoms with Crippen molar-refractivity contribution >= 4 is 6.29 Å². The van der Waals surface area contributed by atoms with Crippen LogP contribution < -0.4 is 4.74 Å². The van der Waals surface area contributed by atoms with Crippen LogP contribution in [0.25, 0.3) is 11.1 Å². The molecule has 2 aromatic carbocycles. The van der Waals surface area contributed by atoms with Crippen molar-refractivity contribution < 1.29 is 9.53 Å². The van der Waals surface area contributed by atoms with E-state index in [1.54, 1.807) is 7.11 Å². The molecule has 0 atom stereocenters. The van der Waals surface area contributed by atoms with Crippen molar-refractivity contribution in [2.45, 2.75) is 6.42 Å². The van der Waals surface area contributed by atoms with Crippen LogP contribution in [0, 0.1) is 0 Å². The highest BCUT2D eigenvalue weighted by molar-refractivity contribution is 5.65. The van der Waals surface area contributed by atoms with E-state index in [9.17, 15) is 4.79 Å². The SMILES string of the molecule is COc1ccc(-c2ccc(CC=O)cc2)cc1. The summed E-state index contributed by atoms with van der Waals surface area (Å²) in [5.41, 5.74) is 3.32. The van der Waals surface area contributed by atoms with E-state index in [0.717, 1.165) is 28.7 Å². The maximum atomic E-state index is 10.4. The average Bonchev–Trinajstić information content (AvgIpc) is 2.40. The van der Waals surface area contributed by atoms with Crippen LogP contribution in [0.4, 0.5) is 0 Å². The van der Waals surface area contributed by atoms with Gasteiger partial charge in [0.25, 0.3) is 0 Å². The Morgan fingerprint density at radius 2 is 1.47 bits per heavy atom. The molecule has 2 heteroatoms. The topological polar surface area (TPSA) is 26.3 Å². The third-order valence-corrected chi connectivity index (χ3v) is 2.70. The molecule has 0 radical (unpaired) electrons. The van der Waals surface area contributed by atoms with Gasteiger partial charge >= 0.3 is 0 Å². The number of hydrogen-bond acceptors (Lipinski definition) is 2. The van der Waals surface area contributed by atoms with E-state index in [1.807, 2.05) is 48.5 Å². The van der Waals surface area contributed by atoms with Gasteiger partial charge in [0.15, 0.2) is 0 Å². The second-order valence-electron chi connectivity index (χ2n) is 3.80. The minimum atomic E-state index is 0.475. The molecule has 0 heterocycles. The lowest BCUT2D eigenvalue weighted by Gasteiger charge is -2.04. The highest BCUT2D eigenvalue weighted by Gasteiger charge is 1.98. The Labute approximate surface area is 101 Å². The van der Waals surface area contributed by atoms with Crippen molar-refractivity contribution in [2.24, 2.45) is 0 Å². The van der Waals surface area contributed by atoms with Crippen LogP contribution >= 0.6 is 0 Å². The lowest BCUT2D eigenvalue weighted by atomic mass is 10.0. The first-order valence-electron chi connectivity index (χ1n) is 5.50. The van der Waals surface area contributed by atoms with Gasteiger partial charge in [0.1, 0.15) is 12.0 Å². The summed E-state index contributed by atoms with van der Waals surface area (Å²) in [4.78, 5) is 10.4. The summed E-state index contributed by atoms with van der Waals surface area (Å²) in [6.45, 7) is 0. The molecule has 0 aromatic heterocycles. The molecule has 17 heavy (non-hydrogen) atoms. The molecule has 0 saturated heterocycles.